The summed E-state index contributed by atoms with van der Waals surface area (Å²) >= 11 is 0. The molecule has 30 heavy (non-hydrogen) atoms. The molecule has 4 heteroatoms. The molecule has 2 aliphatic rings. The van der Waals surface area contributed by atoms with Gasteiger partial charge in [-0.05, 0) is 67.1 Å². The van der Waals surface area contributed by atoms with Crippen molar-refractivity contribution in [3.8, 4) is 0 Å². The van der Waals surface area contributed by atoms with Crippen molar-refractivity contribution < 1.29 is 10.2 Å². The molecule has 4 nitrogen and oxygen atoms in total. The van der Waals surface area contributed by atoms with Gasteiger partial charge in [0.1, 0.15) is 5.60 Å². The Balaban J connectivity index is 1.81. The maximum atomic E-state index is 12.3. The van der Waals surface area contributed by atoms with E-state index in [1.54, 1.807) is 6.20 Å². The fraction of sp³-hybridized carbons (Fsp3) is 0.500. The van der Waals surface area contributed by atoms with Crippen molar-refractivity contribution in [3.05, 3.63) is 71.1 Å². The van der Waals surface area contributed by atoms with E-state index < -0.39 is 11.2 Å². The van der Waals surface area contributed by atoms with Gasteiger partial charge < -0.3 is 15.1 Å². The summed E-state index contributed by atoms with van der Waals surface area (Å²) in [7, 11) is 2.09. The Morgan fingerprint density at radius 1 is 1.07 bits per heavy atom. The van der Waals surface area contributed by atoms with E-state index >= 15 is 0 Å². The van der Waals surface area contributed by atoms with E-state index in [0.717, 1.165) is 48.2 Å². The number of hydrogen-bond donors (Lipinski definition) is 2. The molecule has 2 atom stereocenters. The van der Waals surface area contributed by atoms with E-state index in [0.29, 0.717) is 5.92 Å². The SMILES string of the molecule is CC(C)c1ccc(C(O)(c2cncc(C3=CC(C)(O)CC3)c2)C2(C)CN(C)C2)cc1. The first-order valence-electron chi connectivity index (χ1n) is 11.0. The second-order valence-electron chi connectivity index (χ2n) is 10.2. The summed E-state index contributed by atoms with van der Waals surface area (Å²) in [6.45, 7) is 10.0. The van der Waals surface area contributed by atoms with Gasteiger partial charge in [0, 0.05) is 36.5 Å². The highest BCUT2D eigenvalue weighted by molar-refractivity contribution is 5.69. The third-order valence-electron chi connectivity index (χ3n) is 7.02. The minimum Gasteiger partial charge on any atom is -0.386 e. The lowest BCUT2D eigenvalue weighted by Gasteiger charge is -2.56. The molecule has 2 N–H and O–H groups in total. The van der Waals surface area contributed by atoms with E-state index in [1.165, 1.54) is 5.56 Å². The van der Waals surface area contributed by atoms with Gasteiger partial charge in [-0.1, -0.05) is 45.0 Å². The number of aliphatic hydroxyl groups is 2. The van der Waals surface area contributed by atoms with E-state index in [9.17, 15) is 10.2 Å². The van der Waals surface area contributed by atoms with Gasteiger partial charge in [0.05, 0.1) is 5.60 Å². The monoisotopic (exact) mass is 406 g/mol. The van der Waals surface area contributed by atoms with Crippen LogP contribution in [0.4, 0.5) is 0 Å². The van der Waals surface area contributed by atoms with Gasteiger partial charge in [0.15, 0.2) is 0 Å². The summed E-state index contributed by atoms with van der Waals surface area (Å²) in [6, 6.07) is 10.5. The topological polar surface area (TPSA) is 56.6 Å². The lowest BCUT2D eigenvalue weighted by molar-refractivity contribution is -0.127. The lowest BCUT2D eigenvalue weighted by atomic mass is 9.62. The number of nitrogens with zero attached hydrogens (tertiary/aromatic N) is 2. The number of pyridine rings is 1. The van der Waals surface area contributed by atoms with Crippen molar-refractivity contribution >= 4 is 5.57 Å². The third-order valence-corrected chi connectivity index (χ3v) is 7.02. The maximum Gasteiger partial charge on any atom is 0.124 e. The van der Waals surface area contributed by atoms with E-state index in [-0.39, 0.29) is 5.41 Å². The summed E-state index contributed by atoms with van der Waals surface area (Å²) in [4.78, 5) is 6.75. The van der Waals surface area contributed by atoms with Gasteiger partial charge in [0.2, 0.25) is 0 Å². The van der Waals surface area contributed by atoms with Crippen LogP contribution in [0.15, 0.2) is 48.8 Å². The average Bonchev–Trinajstić information content (AvgIpc) is 3.06. The highest BCUT2D eigenvalue weighted by Gasteiger charge is 2.55. The van der Waals surface area contributed by atoms with Crippen LogP contribution < -0.4 is 0 Å². The number of hydrogen-bond acceptors (Lipinski definition) is 4. The number of likely N-dealkylation sites (tertiary alicyclic amines) is 1. The minimum absolute atomic E-state index is 0.309. The predicted octanol–water partition coefficient (Wildman–Crippen LogP) is 4.32. The Hall–Kier alpha value is -2.01. The van der Waals surface area contributed by atoms with Crippen molar-refractivity contribution in [1.29, 1.82) is 0 Å². The number of rotatable bonds is 5. The summed E-state index contributed by atoms with van der Waals surface area (Å²) in [5.41, 5.74) is 2.87. The highest BCUT2D eigenvalue weighted by Crippen LogP contribution is 2.50. The van der Waals surface area contributed by atoms with Gasteiger partial charge >= 0.3 is 0 Å². The van der Waals surface area contributed by atoms with Gasteiger partial charge in [-0.25, -0.2) is 0 Å². The van der Waals surface area contributed by atoms with Crippen molar-refractivity contribution in [1.82, 2.24) is 9.88 Å². The highest BCUT2D eigenvalue weighted by atomic mass is 16.3. The normalized spacial score (nSPS) is 25.7. The molecule has 0 radical (unpaired) electrons. The van der Waals surface area contributed by atoms with Crippen LogP contribution in [0.2, 0.25) is 0 Å². The summed E-state index contributed by atoms with van der Waals surface area (Å²) in [6.07, 6.45) is 7.12. The maximum absolute atomic E-state index is 12.3. The quantitative estimate of drug-likeness (QED) is 0.776. The molecule has 1 fully saturated rings. The standard InChI is InChI=1S/C26H34N2O2/c1-18(2)19-6-8-22(9-7-19)26(30,24(3)16-28(5)17-24)23-12-21(14-27-15-23)20-10-11-25(4,29)13-20/h6-9,12-15,18,29-30H,10-11,16-17H2,1-5H3. The second kappa shape index (κ2) is 7.30. The second-order valence-corrected chi connectivity index (χ2v) is 10.2. The Morgan fingerprint density at radius 3 is 2.27 bits per heavy atom. The molecule has 2 aromatic rings. The lowest BCUT2D eigenvalue weighted by Crippen LogP contribution is -2.63. The Morgan fingerprint density at radius 2 is 1.73 bits per heavy atom. The first kappa shape index (κ1) is 21.2. The molecule has 1 saturated heterocycles. The molecule has 4 rings (SSSR count). The van der Waals surface area contributed by atoms with Crippen molar-refractivity contribution in [2.75, 3.05) is 20.1 Å². The molecule has 0 bridgehead atoms. The van der Waals surface area contributed by atoms with Crippen LogP contribution >= 0.6 is 0 Å². The molecule has 1 aromatic heterocycles. The van der Waals surface area contributed by atoms with E-state index in [4.69, 9.17) is 0 Å². The van der Waals surface area contributed by atoms with Gasteiger partial charge in [-0.15, -0.1) is 0 Å². The smallest absolute Gasteiger partial charge is 0.124 e. The van der Waals surface area contributed by atoms with Crippen LogP contribution in [0.1, 0.15) is 68.7 Å². The van der Waals surface area contributed by atoms with Gasteiger partial charge in [-0.3, -0.25) is 4.98 Å². The van der Waals surface area contributed by atoms with E-state index in [1.807, 2.05) is 19.2 Å². The Bertz CT molecular complexity index is 955. The molecule has 1 aliphatic carbocycles. The largest absolute Gasteiger partial charge is 0.386 e. The Labute approximate surface area is 180 Å². The zero-order chi connectivity index (χ0) is 21.7. The van der Waals surface area contributed by atoms with Crippen LogP contribution in [0.3, 0.4) is 0 Å². The van der Waals surface area contributed by atoms with Crippen molar-refractivity contribution in [3.63, 3.8) is 0 Å². The van der Waals surface area contributed by atoms with Crippen LogP contribution in [-0.2, 0) is 5.60 Å². The Kier molecular flexibility index (Phi) is 5.16. The fourth-order valence-corrected chi connectivity index (χ4v) is 5.30. The molecule has 1 aliphatic heterocycles. The number of allylic oxidation sites excluding steroid dienone is 1. The van der Waals surface area contributed by atoms with Crippen LogP contribution in [0.5, 0.6) is 0 Å². The van der Waals surface area contributed by atoms with Crippen LogP contribution in [0.25, 0.3) is 5.57 Å². The predicted molar refractivity (Wildman–Crippen MR) is 121 cm³/mol. The zero-order valence-corrected chi connectivity index (χ0v) is 18.8. The summed E-state index contributed by atoms with van der Waals surface area (Å²) in [5.74, 6) is 0.449. The average molecular weight is 407 g/mol. The molecule has 0 amide bonds. The number of aromatic nitrogens is 1. The summed E-state index contributed by atoms with van der Waals surface area (Å²) < 4.78 is 0. The molecule has 160 valence electrons. The minimum atomic E-state index is -1.14. The first-order valence-corrected chi connectivity index (χ1v) is 11.0. The summed E-state index contributed by atoms with van der Waals surface area (Å²) in [5, 5.41) is 22.7. The molecule has 0 spiro atoms. The number of benzene rings is 1. The fourth-order valence-electron chi connectivity index (χ4n) is 5.30. The van der Waals surface area contributed by atoms with Crippen molar-refractivity contribution in [2.24, 2.45) is 5.41 Å². The third kappa shape index (κ3) is 3.51. The molecule has 2 heterocycles. The molecule has 2 unspecified atom stereocenters. The van der Waals surface area contributed by atoms with Crippen LogP contribution in [0, 0.1) is 5.41 Å². The molecular weight excluding hydrogens is 372 g/mol. The zero-order valence-electron chi connectivity index (χ0n) is 18.8. The van der Waals surface area contributed by atoms with E-state index in [2.05, 4.69) is 68.0 Å². The van der Waals surface area contributed by atoms with Crippen LogP contribution in [-0.4, -0.2) is 45.8 Å². The first-order chi connectivity index (χ1) is 14.0. The van der Waals surface area contributed by atoms with Gasteiger partial charge in [-0.2, -0.15) is 0 Å². The molecular formula is C26H34N2O2. The van der Waals surface area contributed by atoms with Crippen molar-refractivity contribution in [2.45, 2.75) is 57.7 Å². The molecule has 0 saturated carbocycles. The molecule has 1 aromatic carbocycles. The van der Waals surface area contributed by atoms with Gasteiger partial charge in [0.25, 0.3) is 0 Å².